The maximum atomic E-state index is 12.4. The van der Waals surface area contributed by atoms with E-state index in [0.29, 0.717) is 23.9 Å². The van der Waals surface area contributed by atoms with E-state index in [4.69, 9.17) is 11.6 Å². The maximum Gasteiger partial charge on any atom is 0.243 e. The normalized spacial score (nSPS) is 20.3. The van der Waals surface area contributed by atoms with Crippen molar-refractivity contribution >= 4 is 23.4 Å². The average Bonchev–Trinajstić information content (AvgIpc) is 3.19. The van der Waals surface area contributed by atoms with Crippen molar-refractivity contribution in [2.45, 2.75) is 38.3 Å². The topological polar surface area (TPSA) is 61.4 Å². The summed E-state index contributed by atoms with van der Waals surface area (Å²) < 4.78 is 0. The molecule has 1 aromatic carbocycles. The van der Waals surface area contributed by atoms with Crippen LogP contribution in [0, 0.1) is 5.92 Å². The van der Waals surface area contributed by atoms with Gasteiger partial charge in [0.1, 0.15) is 6.04 Å². The third-order valence-electron chi connectivity index (χ3n) is 5.13. The van der Waals surface area contributed by atoms with Crippen molar-refractivity contribution in [3.8, 4) is 0 Å². The predicted molar refractivity (Wildman–Crippen MR) is 103 cm³/mol. The van der Waals surface area contributed by atoms with Gasteiger partial charge in [0.25, 0.3) is 0 Å². The molecule has 5 nitrogen and oxygen atoms in total. The van der Waals surface area contributed by atoms with Gasteiger partial charge in [0.05, 0.1) is 0 Å². The molecule has 1 fully saturated rings. The summed E-state index contributed by atoms with van der Waals surface area (Å²) in [6.45, 7) is 2.87. The first-order valence-corrected chi connectivity index (χ1v) is 9.69. The van der Waals surface area contributed by atoms with Crippen molar-refractivity contribution in [3.05, 3.63) is 47.0 Å². The zero-order chi connectivity index (χ0) is 18.4. The summed E-state index contributed by atoms with van der Waals surface area (Å²) in [6, 6.07) is 7.37. The molecule has 6 heteroatoms. The van der Waals surface area contributed by atoms with Crippen LogP contribution in [0.1, 0.15) is 31.2 Å². The molecule has 140 valence electrons. The van der Waals surface area contributed by atoms with Gasteiger partial charge in [0.2, 0.25) is 11.8 Å². The fourth-order valence-electron chi connectivity index (χ4n) is 3.55. The summed E-state index contributed by atoms with van der Waals surface area (Å²) in [4.78, 5) is 26.4. The summed E-state index contributed by atoms with van der Waals surface area (Å²) >= 11 is 5.95. The maximum absolute atomic E-state index is 12.4. The van der Waals surface area contributed by atoms with Crippen LogP contribution in [0.4, 0.5) is 0 Å². The standard InChI is InChI=1S/C20H26ClN3O2/c21-17-4-1-3-16(13-17)14-23-19(25)7-6-15-8-11-24(12-9-15)20(26)18-5-2-10-22-18/h1-5,13,15,18,22H,6-12,14H2,(H,23,25). The highest BCUT2D eigenvalue weighted by Crippen LogP contribution is 2.22. The number of piperidine rings is 1. The quantitative estimate of drug-likeness (QED) is 0.751. The monoisotopic (exact) mass is 375 g/mol. The van der Waals surface area contributed by atoms with Crippen LogP contribution in [-0.2, 0) is 16.1 Å². The third-order valence-corrected chi connectivity index (χ3v) is 5.37. The molecule has 26 heavy (non-hydrogen) atoms. The van der Waals surface area contributed by atoms with Gasteiger partial charge in [-0.1, -0.05) is 35.9 Å². The molecule has 2 aliphatic heterocycles. The fraction of sp³-hybridized carbons (Fsp3) is 0.500. The van der Waals surface area contributed by atoms with E-state index < -0.39 is 0 Å². The smallest absolute Gasteiger partial charge is 0.243 e. The number of hydrogen-bond acceptors (Lipinski definition) is 3. The molecule has 1 saturated heterocycles. The van der Waals surface area contributed by atoms with E-state index in [9.17, 15) is 9.59 Å². The SMILES string of the molecule is O=C(CCC1CCN(C(=O)C2C=CCN2)CC1)NCc1cccc(Cl)c1. The first-order valence-electron chi connectivity index (χ1n) is 9.32. The molecule has 2 aliphatic rings. The molecule has 2 amide bonds. The molecular weight excluding hydrogens is 350 g/mol. The van der Waals surface area contributed by atoms with E-state index in [1.807, 2.05) is 41.3 Å². The van der Waals surface area contributed by atoms with E-state index in [2.05, 4.69) is 10.6 Å². The Kier molecular flexibility index (Phi) is 6.69. The first-order chi connectivity index (χ1) is 12.6. The second-order valence-corrected chi connectivity index (χ2v) is 7.46. The van der Waals surface area contributed by atoms with Crippen LogP contribution in [0.25, 0.3) is 0 Å². The fourth-order valence-corrected chi connectivity index (χ4v) is 3.76. The molecule has 2 N–H and O–H groups in total. The molecule has 0 aromatic heterocycles. The molecular formula is C20H26ClN3O2. The van der Waals surface area contributed by atoms with Crippen molar-refractivity contribution in [2.24, 2.45) is 5.92 Å². The van der Waals surface area contributed by atoms with Gasteiger partial charge in [-0.3, -0.25) is 14.9 Å². The number of nitrogens with zero attached hydrogens (tertiary/aromatic N) is 1. The lowest BCUT2D eigenvalue weighted by Crippen LogP contribution is -2.47. The highest BCUT2D eigenvalue weighted by molar-refractivity contribution is 6.30. The molecule has 1 unspecified atom stereocenters. The largest absolute Gasteiger partial charge is 0.352 e. The number of halogens is 1. The van der Waals surface area contributed by atoms with Crippen LogP contribution >= 0.6 is 11.6 Å². The van der Waals surface area contributed by atoms with Gasteiger partial charge >= 0.3 is 0 Å². The Morgan fingerprint density at radius 1 is 1.27 bits per heavy atom. The molecule has 2 heterocycles. The Bertz CT molecular complexity index is 669. The van der Waals surface area contributed by atoms with Gasteiger partial charge in [-0.2, -0.15) is 0 Å². The minimum absolute atomic E-state index is 0.0729. The van der Waals surface area contributed by atoms with E-state index >= 15 is 0 Å². The molecule has 0 aliphatic carbocycles. The van der Waals surface area contributed by atoms with Crippen molar-refractivity contribution in [3.63, 3.8) is 0 Å². The first kappa shape index (κ1) is 18.9. The average molecular weight is 376 g/mol. The van der Waals surface area contributed by atoms with Crippen LogP contribution < -0.4 is 10.6 Å². The van der Waals surface area contributed by atoms with Gasteiger partial charge in [0, 0.05) is 37.6 Å². The van der Waals surface area contributed by atoms with Gasteiger partial charge in [-0.15, -0.1) is 0 Å². The summed E-state index contributed by atoms with van der Waals surface area (Å²) in [5.74, 6) is 0.767. The Hall–Kier alpha value is -1.85. The van der Waals surface area contributed by atoms with Crippen LogP contribution in [-0.4, -0.2) is 42.4 Å². The van der Waals surface area contributed by atoms with E-state index in [1.165, 1.54) is 0 Å². The summed E-state index contributed by atoms with van der Waals surface area (Å²) in [5.41, 5.74) is 1.01. The van der Waals surface area contributed by atoms with Crippen LogP contribution in [0.2, 0.25) is 5.02 Å². The number of amides is 2. The number of likely N-dealkylation sites (tertiary alicyclic amines) is 1. The molecule has 0 radical (unpaired) electrons. The molecule has 1 aromatic rings. The van der Waals surface area contributed by atoms with E-state index in [1.54, 1.807) is 0 Å². The lowest BCUT2D eigenvalue weighted by atomic mass is 9.91. The van der Waals surface area contributed by atoms with Gasteiger partial charge in [0.15, 0.2) is 0 Å². The number of nitrogens with one attached hydrogen (secondary N) is 2. The second kappa shape index (κ2) is 9.19. The van der Waals surface area contributed by atoms with E-state index in [-0.39, 0.29) is 17.9 Å². The number of carbonyl (C=O) groups is 2. The molecule has 1 atom stereocenters. The zero-order valence-electron chi connectivity index (χ0n) is 14.9. The number of rotatable bonds is 6. The zero-order valence-corrected chi connectivity index (χ0v) is 15.7. The van der Waals surface area contributed by atoms with Crippen LogP contribution in [0.3, 0.4) is 0 Å². The third kappa shape index (κ3) is 5.32. The summed E-state index contributed by atoms with van der Waals surface area (Å²) in [6.07, 6.45) is 7.31. The summed E-state index contributed by atoms with van der Waals surface area (Å²) in [7, 11) is 0. The van der Waals surface area contributed by atoms with Crippen LogP contribution in [0.5, 0.6) is 0 Å². The highest BCUT2D eigenvalue weighted by Gasteiger charge is 2.27. The Labute approximate surface area is 159 Å². The molecule has 0 spiro atoms. The number of benzene rings is 1. The number of hydrogen-bond donors (Lipinski definition) is 2. The van der Waals surface area contributed by atoms with Crippen molar-refractivity contribution in [1.82, 2.24) is 15.5 Å². The van der Waals surface area contributed by atoms with Crippen molar-refractivity contribution in [1.29, 1.82) is 0 Å². The molecule has 0 bridgehead atoms. The van der Waals surface area contributed by atoms with E-state index in [0.717, 1.165) is 44.5 Å². The summed E-state index contributed by atoms with van der Waals surface area (Å²) in [5, 5.41) is 6.81. The molecule has 3 rings (SSSR count). The predicted octanol–water partition coefficient (Wildman–Crippen LogP) is 2.50. The highest BCUT2D eigenvalue weighted by atomic mass is 35.5. The van der Waals surface area contributed by atoms with Crippen molar-refractivity contribution < 1.29 is 9.59 Å². The number of carbonyl (C=O) groups excluding carboxylic acids is 2. The lowest BCUT2D eigenvalue weighted by molar-refractivity contribution is -0.133. The minimum Gasteiger partial charge on any atom is -0.352 e. The Morgan fingerprint density at radius 2 is 2.08 bits per heavy atom. The van der Waals surface area contributed by atoms with Gasteiger partial charge < -0.3 is 10.2 Å². The van der Waals surface area contributed by atoms with Gasteiger partial charge in [-0.05, 0) is 42.9 Å². The Balaban J connectivity index is 1.33. The Morgan fingerprint density at radius 3 is 2.77 bits per heavy atom. The van der Waals surface area contributed by atoms with Gasteiger partial charge in [-0.25, -0.2) is 0 Å². The molecule has 0 saturated carbocycles. The lowest BCUT2D eigenvalue weighted by Gasteiger charge is -2.33. The van der Waals surface area contributed by atoms with Crippen molar-refractivity contribution in [2.75, 3.05) is 19.6 Å². The second-order valence-electron chi connectivity index (χ2n) is 7.03. The minimum atomic E-state index is -0.149. The van der Waals surface area contributed by atoms with Crippen LogP contribution in [0.15, 0.2) is 36.4 Å².